The molecular weight excluding hydrogens is 360 g/mol. The Morgan fingerprint density at radius 3 is 2.23 bits per heavy atom. The van der Waals surface area contributed by atoms with Gasteiger partial charge in [-0.05, 0) is 0 Å². The first-order chi connectivity index (χ1) is 12.0. The molecule has 150 valence electrons. The summed E-state index contributed by atoms with van der Waals surface area (Å²) in [6.07, 6.45) is -1.44. The Morgan fingerprint density at radius 2 is 1.69 bits per heavy atom. The second-order valence-corrected chi connectivity index (χ2v) is 8.11. The van der Waals surface area contributed by atoms with E-state index in [1.165, 1.54) is 0 Å². The van der Waals surface area contributed by atoms with Crippen LogP contribution in [0.3, 0.4) is 0 Å². The molecule has 1 atom stereocenters. The van der Waals surface area contributed by atoms with E-state index < -0.39 is 17.4 Å². The third kappa shape index (κ3) is 9.88. The van der Waals surface area contributed by atoms with E-state index in [1.54, 1.807) is 27.7 Å². The van der Waals surface area contributed by atoms with Crippen LogP contribution in [-0.4, -0.2) is 64.5 Å². The third-order valence-electron chi connectivity index (χ3n) is 3.70. The fourth-order valence-electron chi connectivity index (χ4n) is 1.68. The highest BCUT2D eigenvalue weighted by Gasteiger charge is 2.32. The molecule has 0 rings (SSSR count). The standard InChI is InChI=1S/C17H30N2O6S/c1-11(2)12(21)9-14(23)26-8-7-18-13(22)5-6-19-16(25)15(24)17(3,4)10-20/h11,15,20,24H,5-10H2,1-4H3,(H,18,22)(H,19,25). The normalized spacial score (nSPS) is 12.6. The van der Waals surface area contributed by atoms with Crippen molar-refractivity contribution in [3.05, 3.63) is 0 Å². The molecule has 0 aromatic rings. The highest BCUT2D eigenvalue weighted by atomic mass is 32.2. The van der Waals surface area contributed by atoms with E-state index in [2.05, 4.69) is 10.6 Å². The van der Waals surface area contributed by atoms with Crippen LogP contribution in [0.15, 0.2) is 0 Å². The van der Waals surface area contributed by atoms with Gasteiger partial charge in [-0.25, -0.2) is 0 Å². The van der Waals surface area contributed by atoms with Gasteiger partial charge >= 0.3 is 0 Å². The van der Waals surface area contributed by atoms with Crippen LogP contribution in [0, 0.1) is 11.3 Å². The van der Waals surface area contributed by atoms with Crippen molar-refractivity contribution in [1.29, 1.82) is 0 Å². The van der Waals surface area contributed by atoms with Gasteiger partial charge in [0.05, 0.1) is 13.0 Å². The van der Waals surface area contributed by atoms with Crippen molar-refractivity contribution in [2.24, 2.45) is 11.3 Å². The lowest BCUT2D eigenvalue weighted by atomic mass is 9.87. The second kappa shape index (κ2) is 12.0. The quantitative estimate of drug-likeness (QED) is 0.269. The summed E-state index contributed by atoms with van der Waals surface area (Å²) in [6.45, 7) is 6.57. The molecule has 2 amide bonds. The van der Waals surface area contributed by atoms with Crippen molar-refractivity contribution in [3.63, 3.8) is 0 Å². The molecule has 9 heteroatoms. The van der Waals surface area contributed by atoms with Crippen LogP contribution in [0.25, 0.3) is 0 Å². The molecule has 4 N–H and O–H groups in total. The zero-order valence-corrected chi connectivity index (χ0v) is 16.6. The SMILES string of the molecule is CC(C)C(=O)CC(=O)SCCNC(=O)CCNC(=O)C(O)C(C)(C)CO. The molecule has 0 aromatic heterocycles. The number of amides is 2. The molecule has 0 aliphatic heterocycles. The van der Waals surface area contributed by atoms with E-state index in [0.29, 0.717) is 5.75 Å². The first-order valence-corrected chi connectivity index (χ1v) is 9.51. The molecule has 0 aromatic carbocycles. The Bertz CT molecular complexity index is 507. The fraction of sp³-hybridized carbons (Fsp3) is 0.765. The number of carbonyl (C=O) groups is 4. The summed E-state index contributed by atoms with van der Waals surface area (Å²) >= 11 is 1.00. The van der Waals surface area contributed by atoms with Crippen LogP contribution in [-0.2, 0) is 19.2 Å². The van der Waals surface area contributed by atoms with Crippen molar-refractivity contribution < 1.29 is 29.4 Å². The number of rotatable bonds is 12. The summed E-state index contributed by atoms with van der Waals surface area (Å²) < 4.78 is 0. The van der Waals surface area contributed by atoms with Gasteiger partial charge in [0.15, 0.2) is 5.12 Å². The van der Waals surface area contributed by atoms with Crippen molar-refractivity contribution in [1.82, 2.24) is 10.6 Å². The van der Waals surface area contributed by atoms with Gasteiger partial charge in [0.25, 0.3) is 0 Å². The maximum Gasteiger partial charge on any atom is 0.249 e. The molecule has 0 fully saturated rings. The second-order valence-electron chi connectivity index (χ2n) is 6.96. The summed E-state index contributed by atoms with van der Waals surface area (Å²) in [5.41, 5.74) is -0.965. The third-order valence-corrected chi connectivity index (χ3v) is 4.57. The topological polar surface area (TPSA) is 133 Å². The molecule has 0 heterocycles. The van der Waals surface area contributed by atoms with Gasteiger partial charge < -0.3 is 20.8 Å². The Labute approximate surface area is 158 Å². The Balaban J connectivity index is 3.89. The predicted molar refractivity (Wildman–Crippen MR) is 99.4 cm³/mol. The molecule has 0 saturated heterocycles. The maximum atomic E-state index is 11.7. The fourth-order valence-corrected chi connectivity index (χ4v) is 2.35. The van der Waals surface area contributed by atoms with Crippen LogP contribution in [0.4, 0.5) is 0 Å². The van der Waals surface area contributed by atoms with Crippen molar-refractivity contribution in [2.75, 3.05) is 25.4 Å². The number of nitrogens with one attached hydrogen (secondary N) is 2. The van der Waals surface area contributed by atoms with E-state index in [4.69, 9.17) is 5.11 Å². The summed E-state index contributed by atoms with van der Waals surface area (Å²) in [7, 11) is 0. The lowest BCUT2D eigenvalue weighted by molar-refractivity contribution is -0.137. The largest absolute Gasteiger partial charge is 0.396 e. The average molecular weight is 391 g/mol. The number of thioether (sulfide) groups is 1. The molecule has 8 nitrogen and oxygen atoms in total. The number of aliphatic hydroxyl groups is 2. The van der Waals surface area contributed by atoms with Gasteiger partial charge in [0.2, 0.25) is 11.8 Å². The molecule has 0 radical (unpaired) electrons. The molecule has 0 aliphatic carbocycles. The minimum Gasteiger partial charge on any atom is -0.396 e. The first kappa shape index (κ1) is 24.6. The molecule has 0 bridgehead atoms. The van der Waals surface area contributed by atoms with Crippen LogP contribution < -0.4 is 10.6 Å². The summed E-state index contributed by atoms with van der Waals surface area (Å²) in [4.78, 5) is 46.4. The van der Waals surface area contributed by atoms with Crippen LogP contribution in [0.5, 0.6) is 0 Å². The lowest BCUT2D eigenvalue weighted by Gasteiger charge is -2.27. The minimum absolute atomic E-state index is 0.0302. The lowest BCUT2D eigenvalue weighted by Crippen LogP contribution is -2.46. The van der Waals surface area contributed by atoms with E-state index in [1.807, 2.05) is 0 Å². The number of hydrogen-bond acceptors (Lipinski definition) is 7. The van der Waals surface area contributed by atoms with E-state index >= 15 is 0 Å². The Hall–Kier alpha value is -1.45. The molecule has 26 heavy (non-hydrogen) atoms. The Kier molecular flexibility index (Phi) is 11.4. The number of aliphatic hydroxyl groups excluding tert-OH is 2. The average Bonchev–Trinajstić information content (AvgIpc) is 2.57. The first-order valence-electron chi connectivity index (χ1n) is 8.53. The number of hydrogen-bond donors (Lipinski definition) is 4. The zero-order chi connectivity index (χ0) is 20.3. The van der Waals surface area contributed by atoms with Crippen molar-refractivity contribution in [2.45, 2.75) is 46.6 Å². The summed E-state index contributed by atoms with van der Waals surface area (Å²) in [5, 5.41) is 23.7. The Morgan fingerprint density at radius 1 is 1.08 bits per heavy atom. The minimum atomic E-state index is -1.37. The van der Waals surface area contributed by atoms with Gasteiger partial charge in [-0.1, -0.05) is 39.5 Å². The van der Waals surface area contributed by atoms with Gasteiger partial charge in [0, 0.05) is 36.6 Å². The van der Waals surface area contributed by atoms with E-state index in [9.17, 15) is 24.3 Å². The van der Waals surface area contributed by atoms with Gasteiger partial charge in [-0.15, -0.1) is 0 Å². The van der Waals surface area contributed by atoms with Crippen LogP contribution in [0.1, 0.15) is 40.5 Å². The number of carbonyl (C=O) groups excluding carboxylic acids is 4. The summed E-state index contributed by atoms with van der Waals surface area (Å²) in [6, 6.07) is 0. The highest BCUT2D eigenvalue weighted by molar-refractivity contribution is 8.13. The molecule has 0 spiro atoms. The predicted octanol–water partition coefficient (Wildman–Crippen LogP) is -0.137. The molecule has 1 unspecified atom stereocenters. The number of ketones is 1. The number of Topliss-reactive ketones (excluding diaryl/α,β-unsaturated/α-hetero) is 1. The van der Waals surface area contributed by atoms with Crippen molar-refractivity contribution >= 4 is 34.5 Å². The maximum absolute atomic E-state index is 11.7. The highest BCUT2D eigenvalue weighted by Crippen LogP contribution is 2.19. The zero-order valence-electron chi connectivity index (χ0n) is 15.8. The monoisotopic (exact) mass is 390 g/mol. The van der Waals surface area contributed by atoms with Gasteiger partial charge in [-0.3, -0.25) is 19.2 Å². The molecule has 0 aliphatic rings. The molecule has 0 saturated carbocycles. The van der Waals surface area contributed by atoms with Crippen LogP contribution in [0.2, 0.25) is 0 Å². The summed E-state index contributed by atoms with van der Waals surface area (Å²) in [5.74, 6) is -0.851. The van der Waals surface area contributed by atoms with E-state index in [-0.39, 0.29) is 55.3 Å². The smallest absolute Gasteiger partial charge is 0.249 e. The van der Waals surface area contributed by atoms with Crippen molar-refractivity contribution in [3.8, 4) is 0 Å². The van der Waals surface area contributed by atoms with Crippen LogP contribution >= 0.6 is 11.8 Å². The molecular formula is C17H30N2O6S. The van der Waals surface area contributed by atoms with Gasteiger partial charge in [0.1, 0.15) is 11.9 Å². The van der Waals surface area contributed by atoms with Gasteiger partial charge in [-0.2, -0.15) is 0 Å². The van der Waals surface area contributed by atoms with E-state index in [0.717, 1.165) is 11.8 Å².